The SMILES string of the molecule is O=C(OCc1ccccc1)C1CCN(C(=O)O)CC1. The van der Waals surface area contributed by atoms with Crippen LogP contribution in [0.5, 0.6) is 0 Å². The van der Waals surface area contributed by atoms with E-state index in [1.54, 1.807) is 0 Å². The number of esters is 1. The second-order valence-corrected chi connectivity index (χ2v) is 4.64. The van der Waals surface area contributed by atoms with Crippen LogP contribution in [-0.2, 0) is 16.1 Å². The van der Waals surface area contributed by atoms with E-state index in [-0.39, 0.29) is 18.5 Å². The Morgan fingerprint density at radius 3 is 2.42 bits per heavy atom. The second kappa shape index (κ2) is 6.22. The van der Waals surface area contributed by atoms with Crippen molar-refractivity contribution in [2.75, 3.05) is 13.1 Å². The zero-order valence-electron chi connectivity index (χ0n) is 10.6. The fourth-order valence-electron chi connectivity index (χ4n) is 2.15. The highest BCUT2D eigenvalue weighted by Gasteiger charge is 2.28. The Balaban J connectivity index is 1.77. The van der Waals surface area contributed by atoms with Crippen molar-refractivity contribution in [3.05, 3.63) is 35.9 Å². The summed E-state index contributed by atoms with van der Waals surface area (Å²) in [7, 11) is 0. The van der Waals surface area contributed by atoms with E-state index in [0.717, 1.165) is 5.56 Å². The molecule has 1 aliphatic rings. The molecule has 1 N–H and O–H groups in total. The zero-order valence-corrected chi connectivity index (χ0v) is 10.6. The van der Waals surface area contributed by atoms with E-state index in [1.165, 1.54) is 4.90 Å². The molecule has 0 atom stereocenters. The molecule has 1 aromatic rings. The van der Waals surface area contributed by atoms with Crippen LogP contribution in [0.1, 0.15) is 18.4 Å². The van der Waals surface area contributed by atoms with E-state index in [2.05, 4.69) is 0 Å². The average molecular weight is 263 g/mol. The zero-order chi connectivity index (χ0) is 13.7. The normalized spacial score (nSPS) is 16.1. The van der Waals surface area contributed by atoms with E-state index >= 15 is 0 Å². The van der Waals surface area contributed by atoms with Gasteiger partial charge in [-0.15, -0.1) is 0 Å². The van der Waals surface area contributed by atoms with Crippen molar-refractivity contribution in [3.63, 3.8) is 0 Å². The Kier molecular flexibility index (Phi) is 4.39. The van der Waals surface area contributed by atoms with Gasteiger partial charge in [0.25, 0.3) is 0 Å². The van der Waals surface area contributed by atoms with Gasteiger partial charge in [0, 0.05) is 13.1 Å². The summed E-state index contributed by atoms with van der Waals surface area (Å²) in [6, 6.07) is 9.51. The van der Waals surface area contributed by atoms with Crippen LogP contribution in [0.3, 0.4) is 0 Å². The van der Waals surface area contributed by atoms with Crippen LogP contribution in [0.4, 0.5) is 4.79 Å². The molecule has 19 heavy (non-hydrogen) atoms. The van der Waals surface area contributed by atoms with Gasteiger partial charge in [-0.2, -0.15) is 0 Å². The first kappa shape index (κ1) is 13.4. The molecule has 0 radical (unpaired) electrons. The number of piperidine rings is 1. The quantitative estimate of drug-likeness (QED) is 0.848. The third kappa shape index (κ3) is 3.71. The Labute approximate surface area is 111 Å². The van der Waals surface area contributed by atoms with Crippen LogP contribution in [0.25, 0.3) is 0 Å². The molecule has 5 nitrogen and oxygen atoms in total. The standard InChI is InChI=1S/C14H17NO4/c16-13(19-10-11-4-2-1-3-5-11)12-6-8-15(9-7-12)14(17)18/h1-5,12H,6-10H2,(H,17,18). The first-order valence-electron chi connectivity index (χ1n) is 6.35. The lowest BCUT2D eigenvalue weighted by molar-refractivity contribution is -0.151. The molecule has 0 unspecified atom stereocenters. The van der Waals surface area contributed by atoms with Crippen molar-refractivity contribution in [3.8, 4) is 0 Å². The smallest absolute Gasteiger partial charge is 0.407 e. The van der Waals surface area contributed by atoms with E-state index in [9.17, 15) is 9.59 Å². The Morgan fingerprint density at radius 2 is 1.84 bits per heavy atom. The third-order valence-corrected chi connectivity index (χ3v) is 3.32. The number of carboxylic acid groups (broad SMARTS) is 1. The minimum Gasteiger partial charge on any atom is -0.465 e. The van der Waals surface area contributed by atoms with Crippen LogP contribution < -0.4 is 0 Å². The van der Waals surface area contributed by atoms with Gasteiger partial charge in [-0.1, -0.05) is 30.3 Å². The summed E-state index contributed by atoms with van der Waals surface area (Å²) in [5.74, 6) is -0.409. The molecule has 0 bridgehead atoms. The number of benzene rings is 1. The summed E-state index contributed by atoms with van der Waals surface area (Å²) in [6.07, 6.45) is 0.163. The molecule has 5 heteroatoms. The average Bonchev–Trinajstić information content (AvgIpc) is 2.46. The van der Waals surface area contributed by atoms with Crippen LogP contribution in [0.15, 0.2) is 30.3 Å². The van der Waals surface area contributed by atoms with Gasteiger partial charge in [0.2, 0.25) is 0 Å². The summed E-state index contributed by atoms with van der Waals surface area (Å²) in [6.45, 7) is 1.08. The van der Waals surface area contributed by atoms with Gasteiger partial charge in [-0.25, -0.2) is 4.79 Å². The van der Waals surface area contributed by atoms with Crippen molar-refractivity contribution < 1.29 is 19.4 Å². The molecule has 0 aromatic heterocycles. The number of hydrogen-bond acceptors (Lipinski definition) is 3. The Morgan fingerprint density at radius 1 is 1.21 bits per heavy atom. The summed E-state index contributed by atoms with van der Waals surface area (Å²) >= 11 is 0. The van der Waals surface area contributed by atoms with Crippen molar-refractivity contribution in [2.45, 2.75) is 19.4 Å². The summed E-state index contributed by atoms with van der Waals surface area (Å²) in [5, 5.41) is 8.82. The maximum Gasteiger partial charge on any atom is 0.407 e. The highest BCUT2D eigenvalue weighted by atomic mass is 16.5. The number of likely N-dealkylation sites (tertiary alicyclic amines) is 1. The van der Waals surface area contributed by atoms with E-state index < -0.39 is 6.09 Å². The van der Waals surface area contributed by atoms with Crippen molar-refractivity contribution in [1.29, 1.82) is 0 Å². The minimum absolute atomic E-state index is 0.181. The predicted octanol–water partition coefficient (Wildman–Crippen LogP) is 2.12. The number of carbonyl (C=O) groups excluding carboxylic acids is 1. The summed E-state index contributed by atoms with van der Waals surface area (Å²) < 4.78 is 5.26. The molecule has 0 spiro atoms. The molecule has 1 heterocycles. The van der Waals surface area contributed by atoms with Crippen LogP contribution >= 0.6 is 0 Å². The Bertz CT molecular complexity index is 438. The monoisotopic (exact) mass is 263 g/mol. The third-order valence-electron chi connectivity index (χ3n) is 3.32. The topological polar surface area (TPSA) is 66.8 Å². The number of amides is 1. The molecule has 102 valence electrons. The number of nitrogens with zero attached hydrogens (tertiary/aromatic N) is 1. The highest BCUT2D eigenvalue weighted by Crippen LogP contribution is 2.19. The molecule has 1 amide bonds. The predicted molar refractivity (Wildman–Crippen MR) is 68.6 cm³/mol. The number of hydrogen-bond donors (Lipinski definition) is 1. The largest absolute Gasteiger partial charge is 0.465 e. The van der Waals surface area contributed by atoms with Crippen LogP contribution in [0.2, 0.25) is 0 Å². The maximum absolute atomic E-state index is 11.9. The molecular formula is C14H17NO4. The highest BCUT2D eigenvalue weighted by molar-refractivity contribution is 5.73. The van der Waals surface area contributed by atoms with Crippen LogP contribution in [0, 0.1) is 5.92 Å². The lowest BCUT2D eigenvalue weighted by Crippen LogP contribution is -2.39. The Hall–Kier alpha value is -2.04. The molecule has 1 aromatic carbocycles. The van der Waals surface area contributed by atoms with Crippen molar-refractivity contribution in [1.82, 2.24) is 4.90 Å². The maximum atomic E-state index is 11.9. The van der Waals surface area contributed by atoms with E-state index in [1.807, 2.05) is 30.3 Å². The van der Waals surface area contributed by atoms with Gasteiger partial charge in [0.15, 0.2) is 0 Å². The molecule has 0 saturated carbocycles. The van der Waals surface area contributed by atoms with Gasteiger partial charge >= 0.3 is 12.1 Å². The first-order valence-corrected chi connectivity index (χ1v) is 6.35. The van der Waals surface area contributed by atoms with Gasteiger partial charge < -0.3 is 14.7 Å². The van der Waals surface area contributed by atoms with E-state index in [4.69, 9.17) is 9.84 Å². The number of carbonyl (C=O) groups is 2. The molecular weight excluding hydrogens is 246 g/mol. The fraction of sp³-hybridized carbons (Fsp3) is 0.429. The van der Waals surface area contributed by atoms with Crippen molar-refractivity contribution >= 4 is 12.1 Å². The van der Waals surface area contributed by atoms with E-state index in [0.29, 0.717) is 25.9 Å². The molecule has 1 aliphatic heterocycles. The molecule has 1 saturated heterocycles. The minimum atomic E-state index is -0.920. The van der Waals surface area contributed by atoms with Crippen LogP contribution in [-0.4, -0.2) is 35.2 Å². The lowest BCUT2D eigenvalue weighted by atomic mass is 9.97. The second-order valence-electron chi connectivity index (χ2n) is 4.64. The van der Waals surface area contributed by atoms with Crippen molar-refractivity contribution in [2.24, 2.45) is 5.92 Å². The lowest BCUT2D eigenvalue weighted by Gasteiger charge is -2.28. The first-order chi connectivity index (χ1) is 9.16. The summed E-state index contributed by atoms with van der Waals surface area (Å²) in [5.41, 5.74) is 0.957. The number of rotatable bonds is 3. The molecule has 2 rings (SSSR count). The van der Waals surface area contributed by atoms with Gasteiger partial charge in [-0.3, -0.25) is 4.79 Å². The van der Waals surface area contributed by atoms with Gasteiger partial charge in [0.1, 0.15) is 6.61 Å². The molecule has 1 fully saturated rings. The van der Waals surface area contributed by atoms with Gasteiger partial charge in [0.05, 0.1) is 5.92 Å². The van der Waals surface area contributed by atoms with Gasteiger partial charge in [-0.05, 0) is 18.4 Å². The fourth-order valence-corrected chi connectivity index (χ4v) is 2.15. The molecule has 0 aliphatic carbocycles. The number of ether oxygens (including phenoxy) is 1. The summed E-state index contributed by atoms with van der Waals surface area (Å²) in [4.78, 5) is 23.9.